The van der Waals surface area contributed by atoms with Gasteiger partial charge in [0.25, 0.3) is 0 Å². The quantitative estimate of drug-likeness (QED) is 0.821. The molecule has 24 heavy (non-hydrogen) atoms. The molecular formula is C18H26N4O2. The number of aryl methyl sites for hydroxylation is 1. The van der Waals surface area contributed by atoms with Gasteiger partial charge in [-0.1, -0.05) is 0 Å². The summed E-state index contributed by atoms with van der Waals surface area (Å²) in [6, 6.07) is 6.37. The Balaban J connectivity index is 1.75. The maximum Gasteiger partial charge on any atom is 0.191 e. The number of aromatic nitrogens is 2. The van der Waals surface area contributed by atoms with E-state index >= 15 is 0 Å². The first kappa shape index (κ1) is 17.0. The van der Waals surface area contributed by atoms with Crippen molar-refractivity contribution >= 4 is 0 Å². The van der Waals surface area contributed by atoms with Crippen LogP contribution in [0.5, 0.6) is 5.75 Å². The molecule has 1 atom stereocenters. The Hall–Kier alpha value is -1.89. The van der Waals surface area contributed by atoms with Crippen LogP contribution in [0.4, 0.5) is 0 Å². The number of piperidine rings is 1. The lowest BCUT2D eigenvalue weighted by molar-refractivity contribution is -0.0681. The van der Waals surface area contributed by atoms with Gasteiger partial charge in [0, 0.05) is 17.8 Å². The number of nitrogens with zero attached hydrogens (tertiary/aromatic N) is 3. The molecule has 0 saturated carbocycles. The summed E-state index contributed by atoms with van der Waals surface area (Å²) in [6.07, 6.45) is 4.98. The Bertz CT molecular complexity index is 679. The number of nitrogens with one attached hydrogen (secondary N) is 1. The van der Waals surface area contributed by atoms with Gasteiger partial charge in [0.15, 0.2) is 6.35 Å². The summed E-state index contributed by atoms with van der Waals surface area (Å²) in [5, 5.41) is 14.0. The number of hydrogen-bond acceptors (Lipinski definition) is 5. The standard InChI is InChI=1S/C18H26N4O2/c1-13-10-14(4-5-17(13)24-3)16-11-22(12-20-16)18(23)21(2)15-6-8-19-9-7-15/h4-5,10-12,15,18-19,23H,6-9H2,1-3H3. The van der Waals surface area contributed by atoms with E-state index in [9.17, 15) is 5.11 Å². The Kier molecular flexibility index (Phi) is 5.18. The van der Waals surface area contributed by atoms with Crippen molar-refractivity contribution < 1.29 is 9.84 Å². The monoisotopic (exact) mass is 330 g/mol. The minimum Gasteiger partial charge on any atom is -0.496 e. The molecule has 2 heterocycles. The zero-order valence-electron chi connectivity index (χ0n) is 14.6. The van der Waals surface area contributed by atoms with Crippen molar-refractivity contribution in [2.75, 3.05) is 27.2 Å². The van der Waals surface area contributed by atoms with Crippen LogP contribution < -0.4 is 10.1 Å². The van der Waals surface area contributed by atoms with Gasteiger partial charge in [-0.25, -0.2) is 4.98 Å². The van der Waals surface area contributed by atoms with Crippen LogP contribution in [0.15, 0.2) is 30.7 Å². The lowest BCUT2D eigenvalue weighted by Gasteiger charge is -2.34. The maximum atomic E-state index is 10.6. The molecule has 0 bridgehead atoms. The second-order valence-corrected chi connectivity index (χ2v) is 6.38. The molecule has 1 fully saturated rings. The highest BCUT2D eigenvalue weighted by Gasteiger charge is 2.24. The first-order valence-corrected chi connectivity index (χ1v) is 8.39. The van der Waals surface area contributed by atoms with Crippen LogP contribution in [0.1, 0.15) is 24.8 Å². The smallest absolute Gasteiger partial charge is 0.191 e. The van der Waals surface area contributed by atoms with Crippen molar-refractivity contribution in [1.29, 1.82) is 0 Å². The number of benzene rings is 1. The van der Waals surface area contributed by atoms with E-state index in [-0.39, 0.29) is 0 Å². The largest absolute Gasteiger partial charge is 0.496 e. The number of methoxy groups -OCH3 is 1. The van der Waals surface area contributed by atoms with E-state index in [1.54, 1.807) is 18.0 Å². The molecule has 3 rings (SSSR count). The Morgan fingerprint density at radius 1 is 1.38 bits per heavy atom. The highest BCUT2D eigenvalue weighted by molar-refractivity contribution is 5.61. The highest BCUT2D eigenvalue weighted by Crippen LogP contribution is 2.26. The predicted molar refractivity (Wildman–Crippen MR) is 93.9 cm³/mol. The Morgan fingerprint density at radius 2 is 2.12 bits per heavy atom. The van der Waals surface area contributed by atoms with Crippen molar-refractivity contribution in [3.8, 4) is 17.0 Å². The molecule has 0 spiro atoms. The van der Waals surface area contributed by atoms with E-state index < -0.39 is 6.35 Å². The average Bonchev–Trinajstić information content (AvgIpc) is 3.11. The maximum absolute atomic E-state index is 10.6. The van der Waals surface area contributed by atoms with E-state index in [0.717, 1.165) is 48.5 Å². The number of hydrogen-bond donors (Lipinski definition) is 2. The van der Waals surface area contributed by atoms with Gasteiger partial charge in [0.2, 0.25) is 0 Å². The van der Waals surface area contributed by atoms with Crippen LogP contribution in [0, 0.1) is 6.92 Å². The summed E-state index contributed by atoms with van der Waals surface area (Å²) in [7, 11) is 3.64. The van der Waals surface area contributed by atoms with Crippen molar-refractivity contribution in [2.45, 2.75) is 32.2 Å². The van der Waals surface area contributed by atoms with Gasteiger partial charge in [-0.05, 0) is 63.7 Å². The molecular weight excluding hydrogens is 304 g/mol. The number of imidazole rings is 1. The number of aliphatic hydroxyl groups is 1. The highest BCUT2D eigenvalue weighted by atomic mass is 16.5. The fourth-order valence-electron chi connectivity index (χ4n) is 3.26. The predicted octanol–water partition coefficient (Wildman–Crippen LogP) is 2.00. The summed E-state index contributed by atoms with van der Waals surface area (Å²) < 4.78 is 7.06. The van der Waals surface area contributed by atoms with Gasteiger partial charge in [-0.2, -0.15) is 0 Å². The molecule has 1 aliphatic heterocycles. The molecule has 0 amide bonds. The zero-order valence-corrected chi connectivity index (χ0v) is 14.6. The normalized spacial score (nSPS) is 17.2. The first-order chi connectivity index (χ1) is 11.6. The summed E-state index contributed by atoms with van der Waals surface area (Å²) in [4.78, 5) is 6.47. The van der Waals surface area contributed by atoms with E-state index in [2.05, 4.69) is 16.4 Å². The Labute approximate surface area is 143 Å². The summed E-state index contributed by atoms with van der Waals surface area (Å²) >= 11 is 0. The van der Waals surface area contributed by atoms with Crippen molar-refractivity contribution in [3.63, 3.8) is 0 Å². The molecule has 1 aliphatic rings. The van der Waals surface area contributed by atoms with Gasteiger partial charge in [0.05, 0.1) is 19.1 Å². The van der Waals surface area contributed by atoms with Crippen molar-refractivity contribution in [3.05, 3.63) is 36.3 Å². The van der Waals surface area contributed by atoms with E-state index in [0.29, 0.717) is 6.04 Å². The fourth-order valence-corrected chi connectivity index (χ4v) is 3.26. The SMILES string of the molecule is COc1ccc(-c2cn(C(O)N(C)C3CCNCC3)cn2)cc1C. The Morgan fingerprint density at radius 3 is 2.79 bits per heavy atom. The summed E-state index contributed by atoms with van der Waals surface area (Å²) in [5.74, 6) is 0.865. The third-order valence-corrected chi connectivity index (χ3v) is 4.81. The van der Waals surface area contributed by atoms with E-state index in [1.807, 2.05) is 37.2 Å². The van der Waals surface area contributed by atoms with Crippen LogP contribution in [0.3, 0.4) is 0 Å². The average molecular weight is 330 g/mol. The lowest BCUT2D eigenvalue weighted by atomic mass is 10.1. The second-order valence-electron chi connectivity index (χ2n) is 6.38. The van der Waals surface area contributed by atoms with Crippen molar-refractivity contribution in [1.82, 2.24) is 19.8 Å². The van der Waals surface area contributed by atoms with E-state index in [1.165, 1.54) is 0 Å². The van der Waals surface area contributed by atoms with Gasteiger partial charge >= 0.3 is 0 Å². The molecule has 2 N–H and O–H groups in total. The first-order valence-electron chi connectivity index (χ1n) is 8.39. The number of rotatable bonds is 5. The molecule has 0 aliphatic carbocycles. The van der Waals surface area contributed by atoms with Gasteiger partial charge in [0.1, 0.15) is 5.75 Å². The molecule has 130 valence electrons. The van der Waals surface area contributed by atoms with Crippen LogP contribution in [0.25, 0.3) is 11.3 Å². The molecule has 1 aromatic carbocycles. The molecule has 0 radical (unpaired) electrons. The van der Waals surface area contributed by atoms with E-state index in [4.69, 9.17) is 4.74 Å². The van der Waals surface area contributed by atoms with Gasteiger partial charge in [-0.15, -0.1) is 0 Å². The molecule has 1 aromatic heterocycles. The third-order valence-electron chi connectivity index (χ3n) is 4.81. The molecule has 1 unspecified atom stereocenters. The number of aliphatic hydroxyl groups excluding tert-OH is 1. The molecule has 6 nitrogen and oxygen atoms in total. The third kappa shape index (κ3) is 3.45. The van der Waals surface area contributed by atoms with Crippen LogP contribution >= 0.6 is 0 Å². The molecule has 1 saturated heterocycles. The van der Waals surface area contributed by atoms with Crippen molar-refractivity contribution in [2.24, 2.45) is 0 Å². The topological polar surface area (TPSA) is 62.6 Å². The lowest BCUT2D eigenvalue weighted by Crippen LogP contribution is -2.44. The van der Waals surface area contributed by atoms with Gasteiger partial charge < -0.3 is 15.2 Å². The van der Waals surface area contributed by atoms with Gasteiger partial charge in [-0.3, -0.25) is 9.47 Å². The van der Waals surface area contributed by atoms with Crippen LogP contribution in [0.2, 0.25) is 0 Å². The summed E-state index contributed by atoms with van der Waals surface area (Å²) in [5.41, 5.74) is 2.93. The second kappa shape index (κ2) is 7.34. The molecule has 6 heteroatoms. The van der Waals surface area contributed by atoms with Crippen LogP contribution in [-0.2, 0) is 0 Å². The van der Waals surface area contributed by atoms with Crippen LogP contribution in [-0.4, -0.2) is 52.8 Å². The fraction of sp³-hybridized carbons (Fsp3) is 0.500. The molecule has 2 aromatic rings. The minimum atomic E-state index is -0.700. The summed E-state index contributed by atoms with van der Waals surface area (Å²) in [6.45, 7) is 4.02. The zero-order chi connectivity index (χ0) is 17.1. The number of ether oxygens (including phenoxy) is 1. The minimum absolute atomic E-state index is 0.385.